The maximum absolute atomic E-state index is 13.6. The first-order valence-electron chi connectivity index (χ1n) is 12.1. The van der Waals surface area contributed by atoms with Crippen molar-refractivity contribution in [1.82, 2.24) is 19.8 Å². The zero-order valence-electron chi connectivity index (χ0n) is 20.3. The van der Waals surface area contributed by atoms with Crippen molar-refractivity contribution in [2.45, 2.75) is 58.0 Å². The topological polar surface area (TPSA) is 76.5 Å². The Balaban J connectivity index is 1.78. The van der Waals surface area contributed by atoms with Crippen LogP contribution in [0.15, 0.2) is 53.3 Å². The van der Waals surface area contributed by atoms with Gasteiger partial charge in [0, 0.05) is 19.7 Å². The van der Waals surface area contributed by atoms with Crippen LogP contribution in [0.2, 0.25) is 0 Å². The number of nitrogens with one attached hydrogen (secondary N) is 1. The van der Waals surface area contributed by atoms with E-state index in [2.05, 4.69) is 5.32 Å². The molecule has 4 rings (SSSR count). The third-order valence-corrected chi connectivity index (χ3v) is 6.66. The van der Waals surface area contributed by atoms with E-state index in [-0.39, 0.29) is 17.6 Å². The minimum atomic E-state index is -0.447. The molecule has 1 unspecified atom stereocenters. The molecule has 1 aliphatic rings. The second-order valence-electron chi connectivity index (χ2n) is 9.11. The van der Waals surface area contributed by atoms with Gasteiger partial charge in [0.05, 0.1) is 29.2 Å². The summed E-state index contributed by atoms with van der Waals surface area (Å²) in [6.45, 7) is 4.73. The van der Waals surface area contributed by atoms with Gasteiger partial charge in [-0.3, -0.25) is 9.36 Å². The van der Waals surface area contributed by atoms with Gasteiger partial charge in [-0.1, -0.05) is 49.1 Å². The summed E-state index contributed by atoms with van der Waals surface area (Å²) in [4.78, 5) is 33.7. The van der Waals surface area contributed by atoms with Gasteiger partial charge in [0.25, 0.3) is 5.56 Å². The molecule has 1 fully saturated rings. The molecule has 0 bridgehead atoms. The monoisotopic (exact) mass is 462 g/mol. The van der Waals surface area contributed by atoms with Crippen LogP contribution in [0.25, 0.3) is 16.6 Å². The van der Waals surface area contributed by atoms with Crippen molar-refractivity contribution in [2.75, 3.05) is 20.3 Å². The van der Waals surface area contributed by atoms with E-state index in [1.165, 1.54) is 6.42 Å². The fourth-order valence-electron chi connectivity index (χ4n) is 4.68. The maximum atomic E-state index is 13.6. The number of nitrogens with zero attached hydrogens (tertiary/aromatic N) is 3. The quantitative estimate of drug-likeness (QED) is 0.550. The molecule has 180 valence electrons. The number of rotatable bonds is 7. The van der Waals surface area contributed by atoms with Gasteiger partial charge in [0.1, 0.15) is 5.82 Å². The molecule has 7 nitrogen and oxygen atoms in total. The van der Waals surface area contributed by atoms with Gasteiger partial charge in [0.15, 0.2) is 0 Å². The molecule has 1 aliphatic carbocycles. The van der Waals surface area contributed by atoms with Crippen molar-refractivity contribution in [3.63, 3.8) is 0 Å². The van der Waals surface area contributed by atoms with Crippen LogP contribution in [0, 0.1) is 6.92 Å². The van der Waals surface area contributed by atoms with Crippen LogP contribution in [-0.4, -0.2) is 46.8 Å². The number of fused-ring (bicyclic) bond motifs is 1. The highest BCUT2D eigenvalue weighted by Gasteiger charge is 2.28. The van der Waals surface area contributed by atoms with Gasteiger partial charge < -0.3 is 15.0 Å². The number of para-hydroxylation sites is 1. The third-order valence-electron chi connectivity index (χ3n) is 6.66. The minimum absolute atomic E-state index is 0.143. The van der Waals surface area contributed by atoms with Gasteiger partial charge >= 0.3 is 6.03 Å². The standard InChI is InChI=1S/C27H34N4O3/c1-19-13-15-22(16-14-19)31-25(29-24-12-8-7-11-23(24)26(31)32)20(2)30(17-18-34-3)27(33)28-21-9-5-4-6-10-21/h7-8,11-16,20-21H,4-6,9-10,17-18H2,1-3H3,(H,28,33). The molecular formula is C27H34N4O3. The Morgan fingerprint density at radius 1 is 1.15 bits per heavy atom. The Kier molecular flexibility index (Phi) is 7.63. The minimum Gasteiger partial charge on any atom is -0.383 e. The van der Waals surface area contributed by atoms with Crippen molar-refractivity contribution in [3.05, 3.63) is 70.3 Å². The molecule has 0 radical (unpaired) electrons. The first-order valence-corrected chi connectivity index (χ1v) is 12.1. The molecule has 0 spiro atoms. The van der Waals surface area contributed by atoms with E-state index in [1.807, 2.05) is 56.3 Å². The zero-order valence-corrected chi connectivity index (χ0v) is 20.3. The average Bonchev–Trinajstić information content (AvgIpc) is 2.85. The third kappa shape index (κ3) is 5.14. The Hall–Kier alpha value is -3.19. The van der Waals surface area contributed by atoms with E-state index in [9.17, 15) is 9.59 Å². The lowest BCUT2D eigenvalue weighted by molar-refractivity contribution is 0.127. The highest BCUT2D eigenvalue weighted by molar-refractivity contribution is 5.78. The summed E-state index contributed by atoms with van der Waals surface area (Å²) >= 11 is 0. The maximum Gasteiger partial charge on any atom is 0.318 e. The van der Waals surface area contributed by atoms with Crippen LogP contribution in [-0.2, 0) is 4.74 Å². The summed E-state index contributed by atoms with van der Waals surface area (Å²) in [6, 6.07) is 14.7. The summed E-state index contributed by atoms with van der Waals surface area (Å²) in [6.07, 6.45) is 5.50. The summed E-state index contributed by atoms with van der Waals surface area (Å²) in [5, 5.41) is 3.76. The predicted molar refractivity (Wildman–Crippen MR) is 134 cm³/mol. The fraction of sp³-hybridized carbons (Fsp3) is 0.444. The molecule has 1 heterocycles. The fourth-order valence-corrected chi connectivity index (χ4v) is 4.68. The molecule has 0 saturated heterocycles. The normalized spacial score (nSPS) is 15.3. The highest BCUT2D eigenvalue weighted by Crippen LogP contribution is 2.24. The zero-order chi connectivity index (χ0) is 24.1. The predicted octanol–water partition coefficient (Wildman–Crippen LogP) is 4.75. The molecule has 1 saturated carbocycles. The molecule has 1 aromatic heterocycles. The van der Waals surface area contributed by atoms with Gasteiger partial charge in [-0.05, 0) is 51.0 Å². The van der Waals surface area contributed by atoms with Crippen molar-refractivity contribution >= 4 is 16.9 Å². The number of urea groups is 1. The lowest BCUT2D eigenvalue weighted by atomic mass is 9.96. The van der Waals surface area contributed by atoms with Crippen LogP contribution in [0.5, 0.6) is 0 Å². The number of aryl methyl sites for hydroxylation is 1. The van der Waals surface area contributed by atoms with E-state index >= 15 is 0 Å². The first kappa shape index (κ1) is 24.0. The largest absolute Gasteiger partial charge is 0.383 e. The average molecular weight is 463 g/mol. The Labute approximate surface area is 200 Å². The van der Waals surface area contributed by atoms with Gasteiger partial charge in [-0.15, -0.1) is 0 Å². The molecule has 7 heteroatoms. The van der Waals surface area contributed by atoms with Gasteiger partial charge in [0.2, 0.25) is 0 Å². The molecule has 2 aromatic carbocycles. The SMILES string of the molecule is COCCN(C(=O)NC1CCCCC1)C(C)c1nc2ccccc2c(=O)n1-c1ccc(C)cc1. The molecule has 3 aromatic rings. The number of aromatic nitrogens is 2. The molecule has 1 atom stereocenters. The molecular weight excluding hydrogens is 428 g/mol. The molecule has 34 heavy (non-hydrogen) atoms. The van der Waals surface area contributed by atoms with E-state index in [0.29, 0.717) is 29.9 Å². The van der Waals surface area contributed by atoms with Gasteiger partial charge in [-0.25, -0.2) is 9.78 Å². The summed E-state index contributed by atoms with van der Waals surface area (Å²) in [5.41, 5.74) is 2.32. The number of ether oxygens (including phenoxy) is 1. The van der Waals surface area contributed by atoms with Crippen LogP contribution in [0.4, 0.5) is 4.79 Å². The van der Waals surface area contributed by atoms with Crippen molar-refractivity contribution in [2.24, 2.45) is 0 Å². The summed E-state index contributed by atoms with van der Waals surface area (Å²) < 4.78 is 6.95. The number of hydrogen-bond acceptors (Lipinski definition) is 4. The van der Waals surface area contributed by atoms with Crippen LogP contribution < -0.4 is 10.9 Å². The summed E-state index contributed by atoms with van der Waals surface area (Å²) in [5.74, 6) is 0.530. The Morgan fingerprint density at radius 2 is 1.85 bits per heavy atom. The molecule has 2 amide bonds. The second-order valence-corrected chi connectivity index (χ2v) is 9.11. The smallest absolute Gasteiger partial charge is 0.318 e. The number of benzene rings is 2. The number of amides is 2. The van der Waals surface area contributed by atoms with E-state index in [4.69, 9.17) is 9.72 Å². The summed E-state index contributed by atoms with van der Waals surface area (Å²) in [7, 11) is 1.62. The number of methoxy groups -OCH3 is 1. The lowest BCUT2D eigenvalue weighted by Gasteiger charge is -2.33. The van der Waals surface area contributed by atoms with Crippen molar-refractivity contribution in [3.8, 4) is 5.69 Å². The van der Waals surface area contributed by atoms with Crippen molar-refractivity contribution < 1.29 is 9.53 Å². The molecule has 0 aliphatic heterocycles. The van der Waals surface area contributed by atoms with E-state index in [0.717, 1.165) is 36.9 Å². The lowest BCUT2D eigenvalue weighted by Crippen LogP contribution is -2.48. The number of carbonyl (C=O) groups excluding carboxylic acids is 1. The number of hydrogen-bond donors (Lipinski definition) is 1. The number of carbonyl (C=O) groups is 1. The van der Waals surface area contributed by atoms with Crippen molar-refractivity contribution in [1.29, 1.82) is 0 Å². The van der Waals surface area contributed by atoms with Crippen LogP contribution >= 0.6 is 0 Å². The second kappa shape index (κ2) is 10.8. The van der Waals surface area contributed by atoms with Gasteiger partial charge in [-0.2, -0.15) is 0 Å². The Morgan fingerprint density at radius 3 is 2.56 bits per heavy atom. The molecule has 1 N–H and O–H groups in total. The Bertz CT molecular complexity index is 1180. The highest BCUT2D eigenvalue weighted by atomic mass is 16.5. The van der Waals surface area contributed by atoms with Crippen LogP contribution in [0.1, 0.15) is 56.5 Å². The van der Waals surface area contributed by atoms with Crippen LogP contribution in [0.3, 0.4) is 0 Å². The van der Waals surface area contributed by atoms with E-state index < -0.39 is 6.04 Å². The van der Waals surface area contributed by atoms with E-state index in [1.54, 1.807) is 22.6 Å². The first-order chi connectivity index (χ1) is 16.5.